The molecule has 1 fully saturated rings. The Morgan fingerprint density at radius 3 is 1.83 bits per heavy atom. The third-order valence-corrected chi connectivity index (χ3v) is 15.1. The van der Waals surface area contributed by atoms with Crippen molar-refractivity contribution >= 4 is 41.4 Å². The molecule has 380 valence electrons. The van der Waals surface area contributed by atoms with E-state index in [0.29, 0.717) is 34.1 Å². The normalized spacial score (nSPS) is 16.2. The Morgan fingerprint density at radius 2 is 1.25 bits per heavy atom. The number of carbonyl (C=O) groups is 5. The second-order valence-electron chi connectivity index (χ2n) is 20.3. The molecular formula is C60H71ClN4O7. The molecule has 5 aromatic carbocycles. The third-order valence-electron chi connectivity index (χ3n) is 14.8. The number of rotatable bonds is 17. The minimum atomic E-state index is -1.61. The van der Waals surface area contributed by atoms with Gasteiger partial charge in [-0.15, -0.1) is 0 Å². The zero-order valence-electron chi connectivity index (χ0n) is 42.9. The second-order valence-corrected chi connectivity index (χ2v) is 20.7. The molecule has 0 bridgehead atoms. The van der Waals surface area contributed by atoms with Crippen molar-refractivity contribution in [1.29, 1.82) is 0 Å². The van der Waals surface area contributed by atoms with Crippen molar-refractivity contribution in [2.75, 3.05) is 27.7 Å². The summed E-state index contributed by atoms with van der Waals surface area (Å²) in [5.74, 6) is -2.64. The monoisotopic (exact) mass is 995 g/mol. The number of halogens is 1. The number of amides is 4. The number of nitrogens with one attached hydrogen (secondary N) is 2. The van der Waals surface area contributed by atoms with Crippen LogP contribution in [0.25, 0.3) is 11.1 Å². The second kappa shape index (κ2) is 23.8. The van der Waals surface area contributed by atoms with E-state index in [4.69, 9.17) is 21.1 Å². The Balaban J connectivity index is 1.11. The number of ether oxygens (including phenoxy) is 2. The molecule has 2 N–H and O–H groups in total. The molecule has 0 spiro atoms. The van der Waals surface area contributed by atoms with Crippen LogP contribution in [0, 0.1) is 5.92 Å². The van der Waals surface area contributed by atoms with Crippen LogP contribution in [0.4, 0.5) is 4.79 Å². The topological polar surface area (TPSA) is 134 Å². The molecule has 72 heavy (non-hydrogen) atoms. The van der Waals surface area contributed by atoms with Crippen LogP contribution in [-0.2, 0) is 34.3 Å². The van der Waals surface area contributed by atoms with Crippen molar-refractivity contribution in [3.05, 3.63) is 166 Å². The van der Waals surface area contributed by atoms with Gasteiger partial charge < -0.3 is 29.9 Å². The average Bonchev–Trinajstić information content (AvgIpc) is 3.77. The number of hydrogen-bond donors (Lipinski definition) is 2. The minimum Gasteiger partial charge on any atom is -0.449 e. The van der Waals surface area contributed by atoms with E-state index in [1.54, 1.807) is 20.2 Å². The molecule has 1 unspecified atom stereocenters. The number of benzene rings is 5. The van der Waals surface area contributed by atoms with Gasteiger partial charge in [-0.05, 0) is 72.4 Å². The molecule has 0 saturated heterocycles. The van der Waals surface area contributed by atoms with E-state index in [-0.39, 0.29) is 18.4 Å². The summed E-state index contributed by atoms with van der Waals surface area (Å²) in [6.45, 7) is 6.85. The standard InChI is InChI=1S/C60H71ClN4O7/c1-8-40(2)54(62-58(70)71-39-49-47-30-20-18-28-45(47)46-29-19-21-31-48(46)49)55(67)63-59(3,4)57(69)65(7)52(56(68)64(5)6)38-53(66)72-60(43-26-16-13-17-27-43,50-32-22-23-33-51(50)61)44-36-34-42(35-37-44)41-24-14-11-9-10-12-15-25-41/h13,16-23,26-37,40-41,49,52,54H,8-12,14-15,24-25,38-39H2,1-7H3,(H,62,70)(H,63,67)/t40-,52-,54-,60?/m0/s1. The highest BCUT2D eigenvalue weighted by Crippen LogP contribution is 2.46. The van der Waals surface area contributed by atoms with Crippen molar-refractivity contribution in [1.82, 2.24) is 20.4 Å². The highest BCUT2D eigenvalue weighted by atomic mass is 35.5. The lowest BCUT2D eigenvalue weighted by molar-refractivity contribution is -0.159. The summed E-state index contributed by atoms with van der Waals surface area (Å²) < 4.78 is 12.6. The van der Waals surface area contributed by atoms with Gasteiger partial charge in [-0.2, -0.15) is 0 Å². The number of fused-ring (bicyclic) bond motifs is 3. The van der Waals surface area contributed by atoms with Gasteiger partial charge in [0.2, 0.25) is 17.7 Å². The maximum absolute atomic E-state index is 14.9. The Morgan fingerprint density at radius 1 is 0.708 bits per heavy atom. The smallest absolute Gasteiger partial charge is 0.407 e. The summed E-state index contributed by atoms with van der Waals surface area (Å²) in [6.07, 6.45) is 8.87. The van der Waals surface area contributed by atoms with Crippen molar-refractivity contribution in [3.63, 3.8) is 0 Å². The maximum atomic E-state index is 14.9. The van der Waals surface area contributed by atoms with E-state index < -0.39 is 59.4 Å². The van der Waals surface area contributed by atoms with E-state index in [1.807, 2.05) is 111 Å². The van der Waals surface area contributed by atoms with E-state index in [0.717, 1.165) is 35.1 Å². The van der Waals surface area contributed by atoms with E-state index >= 15 is 0 Å². The van der Waals surface area contributed by atoms with Gasteiger partial charge >= 0.3 is 12.1 Å². The molecule has 0 aromatic heterocycles. The molecule has 1 saturated carbocycles. The molecule has 2 aliphatic carbocycles. The Labute approximate surface area is 431 Å². The number of esters is 1. The van der Waals surface area contributed by atoms with Gasteiger partial charge in [0.15, 0.2) is 5.60 Å². The lowest BCUT2D eigenvalue weighted by Gasteiger charge is -2.38. The van der Waals surface area contributed by atoms with Gasteiger partial charge in [0, 0.05) is 48.8 Å². The fourth-order valence-electron chi connectivity index (χ4n) is 10.6. The Hall–Kier alpha value is -6.46. The highest BCUT2D eigenvalue weighted by molar-refractivity contribution is 6.31. The number of nitrogens with zero attached hydrogens (tertiary/aromatic N) is 2. The first-order valence-electron chi connectivity index (χ1n) is 25.6. The molecule has 0 aliphatic heterocycles. The van der Waals surface area contributed by atoms with E-state index in [9.17, 15) is 24.0 Å². The van der Waals surface area contributed by atoms with Crippen LogP contribution < -0.4 is 10.6 Å². The molecule has 12 heteroatoms. The van der Waals surface area contributed by atoms with Gasteiger partial charge in [0.05, 0.1) is 6.42 Å². The molecule has 0 radical (unpaired) electrons. The van der Waals surface area contributed by atoms with Gasteiger partial charge in [-0.3, -0.25) is 19.2 Å². The molecule has 0 heterocycles. The first kappa shape index (κ1) is 53.3. The SMILES string of the molecule is CC[C@H](C)[C@H](NC(=O)OCC1c2ccccc2-c2ccccc21)C(=O)NC(C)(C)C(=O)N(C)[C@@H](CC(=O)OC(c1ccccc1)(c1ccc(C2CCCCCCCC2)cc1)c1ccccc1Cl)C(=O)N(C)C. The predicted molar refractivity (Wildman–Crippen MR) is 284 cm³/mol. The third kappa shape index (κ3) is 11.9. The van der Waals surface area contributed by atoms with Crippen molar-refractivity contribution < 1.29 is 33.4 Å². The average molecular weight is 996 g/mol. The van der Waals surface area contributed by atoms with Crippen molar-refractivity contribution in [2.45, 2.75) is 127 Å². The van der Waals surface area contributed by atoms with E-state index in [1.165, 1.54) is 74.8 Å². The number of likely N-dealkylation sites (N-methyl/N-ethyl adjacent to an activating group) is 2. The fraction of sp³-hybridized carbons (Fsp3) is 0.417. The summed E-state index contributed by atoms with van der Waals surface area (Å²) in [6, 6.07) is 38.7. The summed E-state index contributed by atoms with van der Waals surface area (Å²) in [4.78, 5) is 73.9. The molecular weight excluding hydrogens is 924 g/mol. The highest BCUT2D eigenvalue weighted by Gasteiger charge is 2.45. The lowest BCUT2D eigenvalue weighted by atomic mass is 9.78. The van der Waals surface area contributed by atoms with E-state index in [2.05, 4.69) is 34.9 Å². The van der Waals surface area contributed by atoms with Crippen LogP contribution in [0.15, 0.2) is 127 Å². The van der Waals surface area contributed by atoms with Gasteiger partial charge in [0.25, 0.3) is 0 Å². The summed E-state index contributed by atoms with van der Waals surface area (Å²) in [5.41, 5.74) is 4.23. The quantitative estimate of drug-likeness (QED) is 0.0700. The van der Waals surface area contributed by atoms with Crippen LogP contribution in [0.5, 0.6) is 0 Å². The predicted octanol–water partition coefficient (Wildman–Crippen LogP) is 11.5. The Kier molecular flexibility index (Phi) is 17.7. The first-order valence-corrected chi connectivity index (χ1v) is 26.0. The van der Waals surface area contributed by atoms with Crippen LogP contribution in [0.1, 0.15) is 137 Å². The minimum absolute atomic E-state index is 0.0603. The summed E-state index contributed by atoms with van der Waals surface area (Å²) in [5, 5.41) is 6.00. The fourth-order valence-corrected chi connectivity index (χ4v) is 10.8. The Bertz CT molecular complexity index is 2630. The van der Waals surface area contributed by atoms with Gasteiger partial charge in [0.1, 0.15) is 24.2 Å². The zero-order chi connectivity index (χ0) is 51.6. The van der Waals surface area contributed by atoms with Crippen LogP contribution in [0.3, 0.4) is 0 Å². The van der Waals surface area contributed by atoms with Crippen molar-refractivity contribution in [3.8, 4) is 11.1 Å². The molecule has 4 amide bonds. The van der Waals surface area contributed by atoms with Gasteiger partial charge in [-0.1, -0.05) is 192 Å². The van der Waals surface area contributed by atoms with Crippen LogP contribution >= 0.6 is 11.6 Å². The van der Waals surface area contributed by atoms with Gasteiger partial charge in [-0.25, -0.2) is 4.79 Å². The van der Waals surface area contributed by atoms with Crippen LogP contribution in [0.2, 0.25) is 5.02 Å². The van der Waals surface area contributed by atoms with Crippen LogP contribution in [-0.4, -0.2) is 85.0 Å². The number of alkyl carbamates (subject to hydrolysis) is 1. The largest absolute Gasteiger partial charge is 0.449 e. The first-order chi connectivity index (χ1) is 34.6. The maximum Gasteiger partial charge on any atom is 0.407 e. The summed E-state index contributed by atoms with van der Waals surface area (Å²) >= 11 is 7.06. The number of carbonyl (C=O) groups excluding carboxylic acids is 5. The summed E-state index contributed by atoms with van der Waals surface area (Å²) in [7, 11) is 4.54. The van der Waals surface area contributed by atoms with Crippen molar-refractivity contribution in [2.24, 2.45) is 5.92 Å². The number of hydrogen-bond acceptors (Lipinski definition) is 7. The zero-order valence-corrected chi connectivity index (χ0v) is 43.7. The molecule has 11 nitrogen and oxygen atoms in total. The molecule has 7 rings (SSSR count). The molecule has 5 aromatic rings. The lowest BCUT2D eigenvalue weighted by Crippen LogP contribution is -2.62. The molecule has 2 aliphatic rings. The molecule has 4 atom stereocenters.